The molecule has 0 radical (unpaired) electrons. The molecule has 102 valence electrons. The zero-order valence-corrected chi connectivity index (χ0v) is 11.5. The lowest BCUT2D eigenvalue weighted by molar-refractivity contribution is -0.384. The summed E-state index contributed by atoms with van der Waals surface area (Å²) >= 11 is 3.12. The third-order valence-corrected chi connectivity index (χ3v) is 2.59. The van der Waals surface area contributed by atoms with Gasteiger partial charge in [-0.05, 0) is 22.0 Å². The molecule has 2 N–H and O–H groups in total. The van der Waals surface area contributed by atoms with Crippen molar-refractivity contribution >= 4 is 39.2 Å². The number of aromatic nitrogens is 2. The van der Waals surface area contributed by atoms with Gasteiger partial charge in [0.05, 0.1) is 17.3 Å². The van der Waals surface area contributed by atoms with Crippen molar-refractivity contribution in [1.29, 1.82) is 0 Å². The van der Waals surface area contributed by atoms with Gasteiger partial charge in [0.1, 0.15) is 4.60 Å². The lowest BCUT2D eigenvalue weighted by Crippen LogP contribution is -2.20. The summed E-state index contributed by atoms with van der Waals surface area (Å²) in [4.78, 5) is 29.6. The normalized spacial score (nSPS) is 9.85. The van der Waals surface area contributed by atoms with Gasteiger partial charge in [-0.1, -0.05) is 6.07 Å². The van der Waals surface area contributed by atoms with Crippen LogP contribution >= 0.6 is 15.9 Å². The molecule has 0 fully saturated rings. The molecule has 0 saturated heterocycles. The molecule has 20 heavy (non-hydrogen) atoms. The number of non-ortho nitro benzene ring substituents is 1. The maximum Gasteiger partial charge on any atom is 0.324 e. The van der Waals surface area contributed by atoms with Gasteiger partial charge in [-0.3, -0.25) is 15.4 Å². The second kappa shape index (κ2) is 6.06. The van der Waals surface area contributed by atoms with Crippen molar-refractivity contribution in [1.82, 2.24) is 9.97 Å². The standard InChI is InChI=1S/C11H8BrN5O3/c12-9-5-14-10(6-13-9)16-11(18)15-7-2-1-3-8(4-7)17(19)20/h1-6H,(H2,14,15,16,18). The van der Waals surface area contributed by atoms with E-state index in [-0.39, 0.29) is 11.5 Å². The number of carbonyl (C=O) groups is 1. The van der Waals surface area contributed by atoms with Gasteiger partial charge in [0.25, 0.3) is 5.69 Å². The zero-order valence-electron chi connectivity index (χ0n) is 9.91. The Morgan fingerprint density at radius 2 is 2.05 bits per heavy atom. The fraction of sp³-hybridized carbons (Fsp3) is 0. The highest BCUT2D eigenvalue weighted by molar-refractivity contribution is 9.10. The Morgan fingerprint density at radius 3 is 2.70 bits per heavy atom. The van der Waals surface area contributed by atoms with E-state index in [4.69, 9.17) is 0 Å². The smallest absolute Gasteiger partial charge is 0.307 e. The first-order valence-electron chi connectivity index (χ1n) is 5.34. The molecule has 0 bridgehead atoms. The highest BCUT2D eigenvalue weighted by atomic mass is 79.9. The number of nitro groups is 1. The van der Waals surface area contributed by atoms with Crippen molar-refractivity contribution in [2.24, 2.45) is 0 Å². The number of halogens is 1. The highest BCUT2D eigenvalue weighted by Crippen LogP contribution is 2.17. The van der Waals surface area contributed by atoms with Gasteiger partial charge in [-0.25, -0.2) is 14.8 Å². The van der Waals surface area contributed by atoms with E-state index in [9.17, 15) is 14.9 Å². The quantitative estimate of drug-likeness (QED) is 0.660. The number of benzene rings is 1. The zero-order chi connectivity index (χ0) is 14.5. The number of carbonyl (C=O) groups excluding carboxylic acids is 1. The molecule has 0 spiro atoms. The summed E-state index contributed by atoms with van der Waals surface area (Å²) in [6.07, 6.45) is 2.81. The summed E-state index contributed by atoms with van der Waals surface area (Å²) in [5, 5.41) is 15.5. The summed E-state index contributed by atoms with van der Waals surface area (Å²) in [6, 6.07) is 5.05. The molecule has 2 aromatic rings. The molecule has 0 aliphatic carbocycles. The monoisotopic (exact) mass is 337 g/mol. The van der Waals surface area contributed by atoms with E-state index in [1.54, 1.807) is 6.07 Å². The van der Waals surface area contributed by atoms with Gasteiger partial charge in [-0.15, -0.1) is 0 Å². The van der Waals surface area contributed by atoms with Crippen LogP contribution in [-0.2, 0) is 0 Å². The second-order valence-corrected chi connectivity index (χ2v) is 4.42. The topological polar surface area (TPSA) is 110 Å². The van der Waals surface area contributed by atoms with Crippen LogP contribution in [0.2, 0.25) is 0 Å². The van der Waals surface area contributed by atoms with Crippen molar-refractivity contribution in [2.45, 2.75) is 0 Å². The Labute approximate surface area is 121 Å². The minimum absolute atomic E-state index is 0.105. The van der Waals surface area contributed by atoms with Gasteiger partial charge >= 0.3 is 6.03 Å². The molecule has 9 heteroatoms. The average Bonchev–Trinajstić information content (AvgIpc) is 2.41. The van der Waals surface area contributed by atoms with Crippen LogP contribution in [0.4, 0.5) is 22.0 Å². The molecule has 1 aromatic carbocycles. The van der Waals surface area contributed by atoms with Crippen molar-refractivity contribution < 1.29 is 9.72 Å². The first-order chi connectivity index (χ1) is 9.54. The van der Waals surface area contributed by atoms with Crippen molar-refractivity contribution in [2.75, 3.05) is 10.6 Å². The van der Waals surface area contributed by atoms with Crippen molar-refractivity contribution in [3.05, 3.63) is 51.4 Å². The largest absolute Gasteiger partial charge is 0.324 e. The van der Waals surface area contributed by atoms with Gasteiger partial charge < -0.3 is 5.32 Å². The minimum atomic E-state index is -0.567. The van der Waals surface area contributed by atoms with E-state index >= 15 is 0 Å². The molecule has 0 saturated carbocycles. The Bertz CT molecular complexity index is 647. The predicted octanol–water partition coefficient (Wildman–Crippen LogP) is 2.79. The number of nitrogens with zero attached hydrogens (tertiary/aromatic N) is 3. The number of nitrogens with one attached hydrogen (secondary N) is 2. The summed E-state index contributed by atoms with van der Waals surface area (Å²) in [6.45, 7) is 0. The van der Waals surface area contributed by atoms with E-state index in [1.807, 2.05) is 0 Å². The molecule has 8 nitrogen and oxygen atoms in total. The van der Waals surface area contributed by atoms with E-state index in [2.05, 4.69) is 36.5 Å². The number of amides is 2. The first-order valence-corrected chi connectivity index (χ1v) is 6.14. The van der Waals surface area contributed by atoms with E-state index < -0.39 is 11.0 Å². The number of hydrogen-bond acceptors (Lipinski definition) is 5. The number of anilines is 2. The summed E-state index contributed by atoms with van der Waals surface area (Å²) in [5.41, 5.74) is 0.202. The van der Waals surface area contributed by atoms with Crippen LogP contribution in [0.15, 0.2) is 41.3 Å². The lowest BCUT2D eigenvalue weighted by Gasteiger charge is -2.06. The van der Waals surface area contributed by atoms with Crippen LogP contribution in [-0.4, -0.2) is 20.9 Å². The minimum Gasteiger partial charge on any atom is -0.307 e. The van der Waals surface area contributed by atoms with Gasteiger partial charge in [0, 0.05) is 17.8 Å². The fourth-order valence-corrected chi connectivity index (χ4v) is 1.56. The van der Waals surface area contributed by atoms with E-state index in [0.29, 0.717) is 10.3 Å². The number of nitro benzene ring substituents is 1. The molecule has 0 aliphatic rings. The van der Waals surface area contributed by atoms with Crippen LogP contribution in [0.3, 0.4) is 0 Å². The summed E-state index contributed by atoms with van der Waals surface area (Å²) in [7, 11) is 0. The Hall–Kier alpha value is -2.55. The molecule has 1 heterocycles. The Morgan fingerprint density at radius 1 is 1.25 bits per heavy atom. The molecule has 0 unspecified atom stereocenters. The Balaban J connectivity index is 2.02. The highest BCUT2D eigenvalue weighted by Gasteiger charge is 2.08. The SMILES string of the molecule is O=C(Nc1cccc([N+](=O)[O-])c1)Nc1cnc(Br)cn1. The lowest BCUT2D eigenvalue weighted by atomic mass is 10.3. The van der Waals surface area contributed by atoms with E-state index in [1.165, 1.54) is 30.6 Å². The van der Waals surface area contributed by atoms with Crippen molar-refractivity contribution in [3.63, 3.8) is 0 Å². The number of rotatable bonds is 3. The van der Waals surface area contributed by atoms with Crippen LogP contribution in [0.1, 0.15) is 0 Å². The molecule has 0 atom stereocenters. The molecule has 1 aromatic heterocycles. The van der Waals surface area contributed by atoms with Crippen LogP contribution < -0.4 is 10.6 Å². The molecule has 0 aliphatic heterocycles. The maximum absolute atomic E-state index is 11.7. The Kier molecular flexibility index (Phi) is 4.20. The predicted molar refractivity (Wildman–Crippen MR) is 75.5 cm³/mol. The summed E-state index contributed by atoms with van der Waals surface area (Å²) in [5.74, 6) is 0.260. The van der Waals surface area contributed by atoms with E-state index in [0.717, 1.165) is 0 Å². The van der Waals surface area contributed by atoms with Gasteiger partial charge in [0.2, 0.25) is 0 Å². The van der Waals surface area contributed by atoms with Crippen LogP contribution in [0.25, 0.3) is 0 Å². The molecule has 2 rings (SSSR count). The second-order valence-electron chi connectivity index (χ2n) is 3.61. The molecular formula is C11H8BrN5O3. The van der Waals surface area contributed by atoms with Gasteiger partial charge in [0.15, 0.2) is 5.82 Å². The average molecular weight is 338 g/mol. The molecular weight excluding hydrogens is 330 g/mol. The maximum atomic E-state index is 11.7. The van der Waals surface area contributed by atoms with Crippen LogP contribution in [0.5, 0.6) is 0 Å². The van der Waals surface area contributed by atoms with Gasteiger partial charge in [-0.2, -0.15) is 0 Å². The molecule has 2 amide bonds. The van der Waals surface area contributed by atoms with Crippen molar-refractivity contribution in [3.8, 4) is 0 Å². The fourth-order valence-electron chi connectivity index (χ4n) is 1.35. The number of urea groups is 1. The third-order valence-electron chi connectivity index (χ3n) is 2.18. The third kappa shape index (κ3) is 3.72. The van der Waals surface area contributed by atoms with Crippen LogP contribution in [0, 0.1) is 10.1 Å². The first kappa shape index (κ1) is 13.9. The summed E-state index contributed by atoms with van der Waals surface area (Å²) < 4.78 is 0.544. The number of hydrogen-bond donors (Lipinski definition) is 2.